The number of anilines is 1. The normalized spacial score (nSPS) is 15.4. The molecule has 90 valence electrons. The first-order valence-electron chi connectivity index (χ1n) is 5.42. The van der Waals surface area contributed by atoms with Crippen LogP contribution in [-0.2, 0) is 4.74 Å². The predicted octanol–water partition coefficient (Wildman–Crippen LogP) is 3.24. The molecule has 0 saturated carbocycles. The molecule has 3 nitrogen and oxygen atoms in total. The number of benzene rings is 1. The average Bonchev–Trinajstić information content (AvgIpc) is 2.69. The summed E-state index contributed by atoms with van der Waals surface area (Å²) >= 11 is 1.74. The quantitative estimate of drug-likeness (QED) is 0.594. The van der Waals surface area contributed by atoms with Crippen molar-refractivity contribution in [1.82, 2.24) is 0 Å². The van der Waals surface area contributed by atoms with E-state index in [9.17, 15) is 4.79 Å². The molecule has 0 bridgehead atoms. The molecular formula is C13H15NO2S. The standard InChI is InChI=1S/C13H15NO2S/c1-9-8-14(17-10(9)2)12-6-4-11(5-7-12)13(15)16-3/h4-7H,8H2,1-3H3. The predicted molar refractivity (Wildman–Crippen MR) is 71.1 cm³/mol. The lowest BCUT2D eigenvalue weighted by molar-refractivity contribution is 0.0601. The van der Waals surface area contributed by atoms with Crippen LogP contribution in [0.4, 0.5) is 5.69 Å². The van der Waals surface area contributed by atoms with Crippen LogP contribution in [0, 0.1) is 0 Å². The van der Waals surface area contributed by atoms with Crippen LogP contribution in [0.15, 0.2) is 34.7 Å². The summed E-state index contributed by atoms with van der Waals surface area (Å²) in [5.41, 5.74) is 3.09. The molecule has 0 N–H and O–H groups in total. The second-order valence-corrected chi connectivity index (χ2v) is 5.24. The van der Waals surface area contributed by atoms with Crippen LogP contribution in [-0.4, -0.2) is 19.6 Å². The molecule has 4 heteroatoms. The molecule has 1 heterocycles. The molecule has 17 heavy (non-hydrogen) atoms. The van der Waals surface area contributed by atoms with Gasteiger partial charge < -0.3 is 9.04 Å². The zero-order valence-corrected chi connectivity index (χ0v) is 11.0. The van der Waals surface area contributed by atoms with Gasteiger partial charge in [0.05, 0.1) is 19.2 Å². The highest BCUT2D eigenvalue weighted by atomic mass is 32.2. The molecule has 0 radical (unpaired) electrons. The minimum Gasteiger partial charge on any atom is -0.465 e. The molecule has 1 aromatic rings. The largest absolute Gasteiger partial charge is 0.465 e. The van der Waals surface area contributed by atoms with Crippen molar-refractivity contribution in [2.45, 2.75) is 13.8 Å². The summed E-state index contributed by atoms with van der Waals surface area (Å²) in [5, 5.41) is 0. The molecule has 0 unspecified atom stereocenters. The number of methoxy groups -OCH3 is 1. The number of hydrogen-bond donors (Lipinski definition) is 0. The summed E-state index contributed by atoms with van der Waals surface area (Å²) in [6.45, 7) is 5.21. The number of nitrogens with zero attached hydrogens (tertiary/aromatic N) is 1. The van der Waals surface area contributed by atoms with Gasteiger partial charge in [0.2, 0.25) is 0 Å². The maximum atomic E-state index is 11.3. The molecule has 0 aliphatic carbocycles. The summed E-state index contributed by atoms with van der Waals surface area (Å²) in [6, 6.07) is 7.49. The Kier molecular flexibility index (Phi) is 3.43. The molecule has 0 atom stereocenters. The van der Waals surface area contributed by atoms with Gasteiger partial charge in [-0.05, 0) is 55.6 Å². The van der Waals surface area contributed by atoms with Gasteiger partial charge in [0.15, 0.2) is 0 Å². The van der Waals surface area contributed by atoms with E-state index in [0.29, 0.717) is 5.56 Å². The molecule has 0 amide bonds. The number of carbonyl (C=O) groups excluding carboxylic acids is 1. The van der Waals surface area contributed by atoms with Gasteiger partial charge >= 0.3 is 5.97 Å². The Hall–Kier alpha value is -1.42. The van der Waals surface area contributed by atoms with E-state index in [0.717, 1.165) is 12.2 Å². The van der Waals surface area contributed by atoms with Crippen LogP contribution >= 0.6 is 11.9 Å². The third kappa shape index (κ3) is 2.47. The Balaban J connectivity index is 2.12. The van der Waals surface area contributed by atoms with Gasteiger partial charge in [0.25, 0.3) is 0 Å². The lowest BCUT2D eigenvalue weighted by atomic mass is 10.2. The van der Waals surface area contributed by atoms with Crippen LogP contribution in [0.3, 0.4) is 0 Å². The lowest BCUT2D eigenvalue weighted by Crippen LogP contribution is -2.11. The van der Waals surface area contributed by atoms with Gasteiger partial charge in [-0.15, -0.1) is 0 Å². The zero-order valence-electron chi connectivity index (χ0n) is 10.2. The second kappa shape index (κ2) is 4.84. The average molecular weight is 249 g/mol. The van der Waals surface area contributed by atoms with Crippen LogP contribution in [0.5, 0.6) is 0 Å². The van der Waals surface area contributed by atoms with Gasteiger partial charge in [0.1, 0.15) is 0 Å². The second-order valence-electron chi connectivity index (χ2n) is 4.00. The molecular weight excluding hydrogens is 234 g/mol. The third-order valence-corrected chi connectivity index (χ3v) is 3.99. The van der Waals surface area contributed by atoms with Crippen molar-refractivity contribution in [2.24, 2.45) is 0 Å². The third-order valence-electron chi connectivity index (χ3n) is 2.81. The molecule has 1 aliphatic rings. The number of carbonyl (C=O) groups is 1. The first-order chi connectivity index (χ1) is 8.11. The molecule has 0 aromatic heterocycles. The van der Waals surface area contributed by atoms with E-state index in [-0.39, 0.29) is 5.97 Å². The van der Waals surface area contributed by atoms with Gasteiger partial charge in [0, 0.05) is 10.6 Å². The smallest absolute Gasteiger partial charge is 0.337 e. The van der Waals surface area contributed by atoms with E-state index < -0.39 is 0 Å². The van der Waals surface area contributed by atoms with E-state index in [4.69, 9.17) is 0 Å². The van der Waals surface area contributed by atoms with Crippen LogP contribution in [0.1, 0.15) is 24.2 Å². The molecule has 1 aliphatic heterocycles. The topological polar surface area (TPSA) is 29.5 Å². The first kappa shape index (κ1) is 12.0. The fourth-order valence-electron chi connectivity index (χ4n) is 1.63. The van der Waals surface area contributed by atoms with Crippen LogP contribution in [0.25, 0.3) is 0 Å². The van der Waals surface area contributed by atoms with E-state index in [1.54, 1.807) is 24.1 Å². The maximum Gasteiger partial charge on any atom is 0.337 e. The Labute approximate surface area is 106 Å². The summed E-state index contributed by atoms with van der Waals surface area (Å²) in [4.78, 5) is 12.6. The Bertz CT molecular complexity index is 451. The molecule has 0 fully saturated rings. The van der Waals surface area contributed by atoms with Crippen LogP contribution in [0.2, 0.25) is 0 Å². The Morgan fingerprint density at radius 3 is 2.41 bits per heavy atom. The monoisotopic (exact) mass is 249 g/mol. The van der Waals surface area contributed by atoms with Crippen molar-refractivity contribution in [3.8, 4) is 0 Å². The maximum absolute atomic E-state index is 11.3. The van der Waals surface area contributed by atoms with Crippen LogP contribution < -0.4 is 4.31 Å². The Morgan fingerprint density at radius 1 is 1.29 bits per heavy atom. The highest BCUT2D eigenvalue weighted by Gasteiger charge is 2.18. The van der Waals surface area contributed by atoms with Gasteiger partial charge in [-0.25, -0.2) is 4.79 Å². The molecule has 1 aromatic carbocycles. The number of allylic oxidation sites excluding steroid dienone is 1. The molecule has 2 rings (SSSR count). The summed E-state index contributed by atoms with van der Waals surface area (Å²) < 4.78 is 6.88. The number of esters is 1. The van der Waals surface area contributed by atoms with Gasteiger partial charge in [-0.2, -0.15) is 0 Å². The SMILES string of the molecule is COC(=O)c1ccc(N2CC(C)=C(C)S2)cc1. The van der Waals surface area contributed by atoms with Crippen molar-refractivity contribution in [3.63, 3.8) is 0 Å². The Morgan fingerprint density at radius 2 is 1.94 bits per heavy atom. The number of ether oxygens (including phenoxy) is 1. The minimum atomic E-state index is -0.295. The van der Waals surface area contributed by atoms with E-state index in [1.165, 1.54) is 17.6 Å². The van der Waals surface area contributed by atoms with Crippen molar-refractivity contribution < 1.29 is 9.53 Å². The summed E-state index contributed by atoms with van der Waals surface area (Å²) in [5.74, 6) is -0.295. The zero-order chi connectivity index (χ0) is 12.4. The van der Waals surface area contributed by atoms with E-state index in [2.05, 4.69) is 22.9 Å². The number of rotatable bonds is 2. The fourth-order valence-corrected chi connectivity index (χ4v) is 2.66. The lowest BCUT2D eigenvalue weighted by Gasteiger charge is -2.17. The molecule has 0 spiro atoms. The minimum absolute atomic E-state index is 0.295. The fraction of sp³-hybridized carbons (Fsp3) is 0.308. The molecule has 0 saturated heterocycles. The van der Waals surface area contributed by atoms with E-state index >= 15 is 0 Å². The number of hydrogen-bond acceptors (Lipinski definition) is 4. The van der Waals surface area contributed by atoms with Gasteiger partial charge in [-0.3, -0.25) is 0 Å². The van der Waals surface area contributed by atoms with Gasteiger partial charge in [-0.1, -0.05) is 0 Å². The highest BCUT2D eigenvalue weighted by Crippen LogP contribution is 2.36. The highest BCUT2D eigenvalue weighted by molar-refractivity contribution is 8.04. The first-order valence-corrected chi connectivity index (χ1v) is 6.19. The van der Waals surface area contributed by atoms with Crippen molar-refractivity contribution in [1.29, 1.82) is 0 Å². The van der Waals surface area contributed by atoms with Crippen molar-refractivity contribution in [3.05, 3.63) is 40.3 Å². The van der Waals surface area contributed by atoms with E-state index in [1.807, 2.05) is 12.1 Å². The van der Waals surface area contributed by atoms with Crippen molar-refractivity contribution >= 4 is 23.6 Å². The van der Waals surface area contributed by atoms with Crippen molar-refractivity contribution in [2.75, 3.05) is 18.0 Å². The summed E-state index contributed by atoms with van der Waals surface area (Å²) in [7, 11) is 1.39. The summed E-state index contributed by atoms with van der Waals surface area (Å²) in [6.07, 6.45) is 0.